The van der Waals surface area contributed by atoms with Gasteiger partial charge in [-0.15, -0.1) is 0 Å². The van der Waals surface area contributed by atoms with Gasteiger partial charge in [-0.3, -0.25) is 9.59 Å². The van der Waals surface area contributed by atoms with E-state index in [9.17, 15) is 14.0 Å². The first-order valence-electron chi connectivity index (χ1n) is 8.68. The lowest BCUT2D eigenvalue weighted by Crippen LogP contribution is -2.50. The lowest BCUT2D eigenvalue weighted by Gasteiger charge is -2.35. The summed E-state index contributed by atoms with van der Waals surface area (Å²) in [4.78, 5) is 34.6. The Labute approximate surface area is 169 Å². The molecular formula is C19H16ClFN4O2S. The van der Waals surface area contributed by atoms with Crippen molar-refractivity contribution in [2.45, 2.75) is 0 Å². The van der Waals surface area contributed by atoms with Crippen LogP contribution in [0.25, 0.3) is 11.0 Å². The van der Waals surface area contributed by atoms with Crippen LogP contribution < -0.4 is 0 Å². The number of aromatic nitrogens is 2. The molecule has 9 heteroatoms. The third-order valence-electron chi connectivity index (χ3n) is 4.77. The molecule has 144 valence electrons. The number of nitrogens with zero attached hydrogens (tertiary/aromatic N) is 2. The molecule has 2 amide bonds. The van der Waals surface area contributed by atoms with Gasteiger partial charge in [0.25, 0.3) is 11.8 Å². The normalized spacial score (nSPS) is 14.5. The number of fused-ring (bicyclic) bond motifs is 1. The lowest BCUT2D eigenvalue weighted by molar-refractivity contribution is 0.0536. The van der Waals surface area contributed by atoms with Gasteiger partial charge >= 0.3 is 0 Å². The van der Waals surface area contributed by atoms with Crippen LogP contribution in [0.2, 0.25) is 5.02 Å². The van der Waals surface area contributed by atoms with E-state index in [1.54, 1.807) is 34.1 Å². The molecule has 0 unspecified atom stereocenters. The van der Waals surface area contributed by atoms with Gasteiger partial charge < -0.3 is 19.8 Å². The van der Waals surface area contributed by atoms with Gasteiger partial charge in [0, 0.05) is 36.8 Å². The number of aromatic amines is 2. The Kier molecular flexibility index (Phi) is 4.91. The van der Waals surface area contributed by atoms with E-state index >= 15 is 0 Å². The molecule has 0 spiro atoms. The molecular weight excluding hydrogens is 403 g/mol. The summed E-state index contributed by atoms with van der Waals surface area (Å²) >= 11 is 10.9. The summed E-state index contributed by atoms with van der Waals surface area (Å²) in [6.45, 7) is 1.52. The molecule has 6 nitrogen and oxygen atoms in total. The summed E-state index contributed by atoms with van der Waals surface area (Å²) in [5.41, 5.74) is 1.71. The van der Waals surface area contributed by atoms with E-state index in [0.29, 0.717) is 52.6 Å². The van der Waals surface area contributed by atoms with Crippen molar-refractivity contribution in [2.24, 2.45) is 0 Å². The maximum atomic E-state index is 13.9. The van der Waals surface area contributed by atoms with E-state index < -0.39 is 5.82 Å². The third kappa shape index (κ3) is 3.53. The van der Waals surface area contributed by atoms with Gasteiger partial charge in [0.15, 0.2) is 4.77 Å². The maximum absolute atomic E-state index is 13.9. The highest BCUT2D eigenvalue weighted by Crippen LogP contribution is 2.21. The molecule has 0 atom stereocenters. The number of hydrogen-bond donors (Lipinski definition) is 2. The van der Waals surface area contributed by atoms with E-state index in [1.807, 2.05) is 0 Å². The Hall–Kier alpha value is -2.71. The van der Waals surface area contributed by atoms with E-state index in [4.69, 9.17) is 23.8 Å². The second-order valence-corrected chi connectivity index (χ2v) is 7.39. The summed E-state index contributed by atoms with van der Waals surface area (Å²) < 4.78 is 14.2. The number of amides is 2. The minimum Gasteiger partial charge on any atom is -0.335 e. The lowest BCUT2D eigenvalue weighted by atomic mass is 10.1. The Bertz CT molecular complexity index is 1120. The molecule has 0 saturated carbocycles. The molecule has 0 bridgehead atoms. The van der Waals surface area contributed by atoms with Gasteiger partial charge in [0.1, 0.15) is 5.82 Å². The van der Waals surface area contributed by atoms with Gasteiger partial charge in [0.2, 0.25) is 0 Å². The summed E-state index contributed by atoms with van der Waals surface area (Å²) in [5.74, 6) is -0.919. The summed E-state index contributed by atoms with van der Waals surface area (Å²) in [5, 5.41) is 0.567. The van der Waals surface area contributed by atoms with Crippen LogP contribution in [0.4, 0.5) is 4.39 Å². The van der Waals surface area contributed by atoms with Gasteiger partial charge in [-0.2, -0.15) is 0 Å². The second kappa shape index (κ2) is 7.37. The SMILES string of the molecule is O=C(c1ccc(Cl)cc1)N1CCN(C(=O)c2cc(F)cc3[nH]c(=S)[nH]c23)CC1. The molecule has 2 aromatic carbocycles. The monoisotopic (exact) mass is 418 g/mol. The summed E-state index contributed by atoms with van der Waals surface area (Å²) in [7, 11) is 0. The molecule has 1 aromatic heterocycles. The van der Waals surface area contributed by atoms with Crippen LogP contribution in [0.1, 0.15) is 20.7 Å². The molecule has 2 heterocycles. The van der Waals surface area contributed by atoms with E-state index in [0.717, 1.165) is 0 Å². The topological polar surface area (TPSA) is 72.2 Å². The van der Waals surface area contributed by atoms with Crippen LogP contribution in [0.5, 0.6) is 0 Å². The highest BCUT2D eigenvalue weighted by molar-refractivity contribution is 7.71. The molecule has 3 aromatic rings. The number of carbonyl (C=O) groups excluding carboxylic acids is 2. The number of piperazine rings is 1. The largest absolute Gasteiger partial charge is 0.335 e. The van der Waals surface area contributed by atoms with Crippen molar-refractivity contribution in [2.75, 3.05) is 26.2 Å². The number of imidazole rings is 1. The van der Waals surface area contributed by atoms with Crippen molar-refractivity contribution in [3.8, 4) is 0 Å². The average Bonchev–Trinajstić information content (AvgIpc) is 3.07. The summed E-state index contributed by atoms with van der Waals surface area (Å²) in [6.07, 6.45) is 0. The zero-order valence-corrected chi connectivity index (χ0v) is 16.2. The fourth-order valence-electron chi connectivity index (χ4n) is 3.33. The number of benzene rings is 2. The minimum absolute atomic E-state index is 0.105. The van der Waals surface area contributed by atoms with Gasteiger partial charge in [-0.25, -0.2) is 4.39 Å². The smallest absolute Gasteiger partial charge is 0.256 e. The molecule has 0 radical (unpaired) electrons. The van der Waals surface area contributed by atoms with E-state index in [2.05, 4.69) is 9.97 Å². The van der Waals surface area contributed by atoms with Crippen LogP contribution in [0.3, 0.4) is 0 Å². The Morgan fingerprint density at radius 2 is 1.57 bits per heavy atom. The van der Waals surface area contributed by atoms with Crippen LogP contribution in [-0.2, 0) is 0 Å². The zero-order chi connectivity index (χ0) is 19.8. The number of carbonyl (C=O) groups is 2. The third-order valence-corrected chi connectivity index (χ3v) is 5.22. The van der Waals surface area contributed by atoms with Crippen molar-refractivity contribution in [1.82, 2.24) is 19.8 Å². The van der Waals surface area contributed by atoms with Crippen molar-refractivity contribution in [1.29, 1.82) is 0 Å². The first-order valence-corrected chi connectivity index (χ1v) is 9.46. The number of nitrogens with one attached hydrogen (secondary N) is 2. The first kappa shape index (κ1) is 18.6. The molecule has 28 heavy (non-hydrogen) atoms. The molecule has 4 rings (SSSR count). The highest BCUT2D eigenvalue weighted by atomic mass is 35.5. The van der Waals surface area contributed by atoms with E-state index in [-0.39, 0.29) is 17.4 Å². The van der Waals surface area contributed by atoms with Crippen LogP contribution in [0, 0.1) is 10.6 Å². The number of hydrogen-bond acceptors (Lipinski definition) is 3. The Morgan fingerprint density at radius 1 is 0.964 bits per heavy atom. The molecule has 1 saturated heterocycles. The van der Waals surface area contributed by atoms with Gasteiger partial charge in [-0.1, -0.05) is 11.6 Å². The number of H-pyrrole nitrogens is 2. The van der Waals surface area contributed by atoms with Crippen molar-refractivity contribution in [3.63, 3.8) is 0 Å². The highest BCUT2D eigenvalue weighted by Gasteiger charge is 2.27. The fourth-order valence-corrected chi connectivity index (χ4v) is 3.67. The first-order chi connectivity index (χ1) is 13.4. The predicted octanol–water partition coefficient (Wildman–Crippen LogP) is 3.62. The standard InChI is InChI=1S/C19H16ClFN4O2S/c20-12-3-1-11(2-4-12)17(26)24-5-7-25(8-6-24)18(27)14-9-13(21)10-15-16(14)23-19(28)22-15/h1-4,9-10H,5-8H2,(H2,22,23,28). The number of halogens is 2. The Balaban J connectivity index is 1.49. The molecule has 0 aliphatic carbocycles. The molecule has 1 aliphatic rings. The predicted molar refractivity (Wildman–Crippen MR) is 107 cm³/mol. The fraction of sp³-hybridized carbons (Fsp3) is 0.211. The quantitative estimate of drug-likeness (QED) is 0.624. The second-order valence-electron chi connectivity index (χ2n) is 6.55. The average molecular weight is 419 g/mol. The van der Waals surface area contributed by atoms with Crippen molar-refractivity contribution < 1.29 is 14.0 Å². The molecule has 2 N–H and O–H groups in total. The zero-order valence-electron chi connectivity index (χ0n) is 14.7. The van der Waals surface area contributed by atoms with E-state index in [1.165, 1.54) is 12.1 Å². The van der Waals surface area contributed by atoms with Crippen LogP contribution in [0.15, 0.2) is 36.4 Å². The molecule has 1 aliphatic heterocycles. The number of rotatable bonds is 2. The van der Waals surface area contributed by atoms with Crippen molar-refractivity contribution >= 4 is 46.7 Å². The van der Waals surface area contributed by atoms with Crippen molar-refractivity contribution in [3.05, 3.63) is 63.1 Å². The van der Waals surface area contributed by atoms with Gasteiger partial charge in [-0.05, 0) is 48.6 Å². The van der Waals surface area contributed by atoms with Gasteiger partial charge in [0.05, 0.1) is 16.6 Å². The molecule has 1 fully saturated rings. The minimum atomic E-state index is -0.516. The summed E-state index contributed by atoms with van der Waals surface area (Å²) in [6, 6.07) is 9.20. The maximum Gasteiger partial charge on any atom is 0.256 e. The van der Waals surface area contributed by atoms with Crippen LogP contribution in [-0.4, -0.2) is 57.8 Å². The van der Waals surface area contributed by atoms with Crippen LogP contribution >= 0.6 is 23.8 Å². The Morgan fingerprint density at radius 3 is 2.21 bits per heavy atom.